The largest absolute Gasteiger partial charge is 0.435 e. The van der Waals surface area contributed by atoms with Crippen molar-refractivity contribution >= 4 is 29.0 Å². The number of nitrogens with one attached hydrogen (secondary N) is 1. The number of aryl methyl sites for hydroxylation is 1. The lowest BCUT2D eigenvalue weighted by atomic mass is 10.2. The predicted molar refractivity (Wildman–Crippen MR) is 109 cm³/mol. The highest BCUT2D eigenvalue weighted by Gasteiger charge is 2.38. The van der Waals surface area contributed by atoms with Gasteiger partial charge in [0.05, 0.1) is 16.9 Å². The monoisotopic (exact) mass is 432 g/mol. The van der Waals surface area contributed by atoms with Crippen LogP contribution in [-0.4, -0.2) is 28.8 Å². The van der Waals surface area contributed by atoms with Crippen molar-refractivity contribution in [3.8, 4) is 0 Å². The van der Waals surface area contributed by atoms with Gasteiger partial charge in [0.2, 0.25) is 0 Å². The number of fused-ring (bicyclic) bond motifs is 2. The molecule has 2 heterocycles. The number of anilines is 2. The number of aromatic nitrogens is 2. The highest BCUT2D eigenvalue weighted by Crippen LogP contribution is 2.47. The molecule has 0 radical (unpaired) electrons. The van der Waals surface area contributed by atoms with Crippen LogP contribution in [0.5, 0.6) is 0 Å². The summed E-state index contributed by atoms with van der Waals surface area (Å²) < 4.78 is 40.2. The molecule has 0 spiro atoms. The summed E-state index contributed by atoms with van der Waals surface area (Å²) in [7, 11) is 1.36. The number of carbonyl (C=O) groups excluding carboxylic acids is 1. The second-order valence-corrected chi connectivity index (χ2v) is 7.95. The fraction of sp³-hybridized carbons (Fsp3) is 0.238. The van der Waals surface area contributed by atoms with Crippen LogP contribution in [0, 0.1) is 0 Å². The standard InChI is InChI=1S/C21H19F3N4OS/c1-27-13-14(19(26-27)21(22,23)24)20(29)25-11-6-12-28-15-7-2-4-9-17(15)30-18-10-5-3-8-16(18)28/h2-5,7-10,13H,6,11-12H2,1H3,(H,25,29). The Labute approximate surface area is 175 Å². The Hall–Kier alpha value is -2.94. The Morgan fingerprint density at radius 2 is 1.67 bits per heavy atom. The van der Waals surface area contributed by atoms with Crippen LogP contribution in [0.2, 0.25) is 0 Å². The molecule has 9 heteroatoms. The van der Waals surface area contributed by atoms with E-state index < -0.39 is 23.3 Å². The van der Waals surface area contributed by atoms with Crippen molar-refractivity contribution in [3.63, 3.8) is 0 Å². The SMILES string of the molecule is Cn1cc(C(=O)NCCCN2c3ccccc3Sc3ccccc32)c(C(F)(F)F)n1. The molecule has 0 saturated carbocycles. The highest BCUT2D eigenvalue weighted by atomic mass is 32.2. The number of carbonyl (C=O) groups is 1. The van der Waals surface area contributed by atoms with E-state index >= 15 is 0 Å². The van der Waals surface area contributed by atoms with Gasteiger partial charge in [-0.2, -0.15) is 18.3 Å². The Morgan fingerprint density at radius 1 is 1.07 bits per heavy atom. The number of halogens is 3. The Balaban J connectivity index is 1.43. The van der Waals surface area contributed by atoms with Crippen LogP contribution in [0.25, 0.3) is 0 Å². The molecule has 0 saturated heterocycles. The van der Waals surface area contributed by atoms with E-state index in [9.17, 15) is 18.0 Å². The third kappa shape index (κ3) is 4.02. The number of amides is 1. The number of nitrogens with zero attached hydrogens (tertiary/aromatic N) is 3. The smallest absolute Gasteiger partial charge is 0.352 e. The van der Waals surface area contributed by atoms with Gasteiger partial charge in [-0.05, 0) is 30.7 Å². The van der Waals surface area contributed by atoms with E-state index in [1.54, 1.807) is 11.8 Å². The molecule has 4 rings (SSSR count). The van der Waals surface area contributed by atoms with Crippen LogP contribution < -0.4 is 10.2 Å². The molecule has 5 nitrogen and oxygen atoms in total. The molecule has 3 aromatic rings. The second kappa shape index (κ2) is 8.06. The zero-order chi connectivity index (χ0) is 21.3. The lowest BCUT2D eigenvalue weighted by Crippen LogP contribution is -2.30. The maximum absolute atomic E-state index is 13.1. The van der Waals surface area contributed by atoms with E-state index in [1.807, 2.05) is 36.4 Å². The van der Waals surface area contributed by atoms with Crippen molar-refractivity contribution in [1.82, 2.24) is 15.1 Å². The third-order valence-corrected chi connectivity index (χ3v) is 5.85. The number of para-hydroxylation sites is 2. The summed E-state index contributed by atoms with van der Waals surface area (Å²) in [4.78, 5) is 16.8. The van der Waals surface area contributed by atoms with Crippen molar-refractivity contribution in [2.24, 2.45) is 7.05 Å². The number of hydrogen-bond donors (Lipinski definition) is 1. The summed E-state index contributed by atoms with van der Waals surface area (Å²) in [6.07, 6.45) is -3.01. The molecule has 1 amide bonds. The van der Waals surface area contributed by atoms with E-state index in [1.165, 1.54) is 7.05 Å². The first-order valence-electron chi connectivity index (χ1n) is 9.37. The second-order valence-electron chi connectivity index (χ2n) is 6.86. The van der Waals surface area contributed by atoms with Crippen molar-refractivity contribution in [3.05, 3.63) is 66.0 Å². The molecule has 0 unspecified atom stereocenters. The van der Waals surface area contributed by atoms with Gasteiger partial charge in [0.25, 0.3) is 5.91 Å². The zero-order valence-electron chi connectivity index (χ0n) is 16.1. The maximum Gasteiger partial charge on any atom is 0.435 e. The van der Waals surface area contributed by atoms with Gasteiger partial charge in [-0.3, -0.25) is 9.48 Å². The minimum absolute atomic E-state index is 0.249. The lowest BCUT2D eigenvalue weighted by Gasteiger charge is -2.32. The lowest BCUT2D eigenvalue weighted by molar-refractivity contribution is -0.141. The summed E-state index contributed by atoms with van der Waals surface area (Å²) in [5.41, 5.74) is 0.534. The van der Waals surface area contributed by atoms with Crippen molar-refractivity contribution in [2.75, 3.05) is 18.0 Å². The van der Waals surface area contributed by atoms with E-state index in [0.29, 0.717) is 13.0 Å². The van der Waals surface area contributed by atoms with Crippen LogP contribution in [0.15, 0.2) is 64.5 Å². The first-order chi connectivity index (χ1) is 14.3. The normalized spacial score (nSPS) is 13.0. The van der Waals surface area contributed by atoms with Gasteiger partial charge in [-0.1, -0.05) is 36.0 Å². The van der Waals surface area contributed by atoms with Gasteiger partial charge in [-0.25, -0.2) is 0 Å². The summed E-state index contributed by atoms with van der Waals surface area (Å²) in [5.74, 6) is -0.773. The van der Waals surface area contributed by atoms with Crippen LogP contribution in [0.3, 0.4) is 0 Å². The fourth-order valence-corrected chi connectivity index (χ4v) is 4.52. The van der Waals surface area contributed by atoms with Gasteiger partial charge in [-0.15, -0.1) is 0 Å². The van der Waals surface area contributed by atoms with Gasteiger partial charge in [0.1, 0.15) is 0 Å². The van der Waals surface area contributed by atoms with Gasteiger partial charge in [0, 0.05) is 36.1 Å². The predicted octanol–water partition coefficient (Wildman–Crippen LogP) is 4.86. The van der Waals surface area contributed by atoms with Crippen LogP contribution in [-0.2, 0) is 13.2 Å². The molecular formula is C21H19F3N4OS. The molecule has 0 atom stereocenters. The minimum Gasteiger partial charge on any atom is -0.352 e. The first-order valence-corrected chi connectivity index (χ1v) is 10.2. The molecule has 0 bridgehead atoms. The zero-order valence-corrected chi connectivity index (χ0v) is 16.9. The Kier molecular flexibility index (Phi) is 5.46. The van der Waals surface area contributed by atoms with E-state index in [2.05, 4.69) is 27.4 Å². The van der Waals surface area contributed by atoms with E-state index in [4.69, 9.17) is 0 Å². The van der Waals surface area contributed by atoms with E-state index in [0.717, 1.165) is 32.0 Å². The van der Waals surface area contributed by atoms with Crippen molar-refractivity contribution < 1.29 is 18.0 Å². The third-order valence-electron chi connectivity index (χ3n) is 4.72. The molecule has 0 fully saturated rings. The number of benzene rings is 2. The topological polar surface area (TPSA) is 50.2 Å². The summed E-state index contributed by atoms with van der Waals surface area (Å²) in [6.45, 7) is 0.868. The number of rotatable bonds is 5. The molecule has 30 heavy (non-hydrogen) atoms. The minimum atomic E-state index is -4.67. The average Bonchev–Trinajstić information content (AvgIpc) is 3.12. The molecule has 156 valence electrons. The summed E-state index contributed by atoms with van der Waals surface area (Å²) in [5, 5.41) is 5.96. The summed E-state index contributed by atoms with van der Waals surface area (Å²) in [6, 6.07) is 16.1. The van der Waals surface area contributed by atoms with Crippen LogP contribution in [0.4, 0.5) is 24.5 Å². The number of hydrogen-bond acceptors (Lipinski definition) is 4. The van der Waals surface area contributed by atoms with Crippen molar-refractivity contribution in [2.45, 2.75) is 22.4 Å². The highest BCUT2D eigenvalue weighted by molar-refractivity contribution is 7.99. The molecule has 1 aromatic heterocycles. The van der Waals surface area contributed by atoms with Gasteiger partial charge < -0.3 is 10.2 Å². The Bertz CT molecular complexity index is 1030. The van der Waals surface area contributed by atoms with Crippen molar-refractivity contribution in [1.29, 1.82) is 0 Å². The molecule has 1 aliphatic rings. The maximum atomic E-state index is 13.1. The average molecular weight is 432 g/mol. The molecule has 0 aliphatic carbocycles. The van der Waals surface area contributed by atoms with Crippen LogP contribution >= 0.6 is 11.8 Å². The first kappa shape index (κ1) is 20.3. The quantitative estimate of drug-likeness (QED) is 0.585. The summed E-state index contributed by atoms with van der Waals surface area (Å²) >= 11 is 1.71. The van der Waals surface area contributed by atoms with Gasteiger partial charge >= 0.3 is 6.18 Å². The fourth-order valence-electron chi connectivity index (χ4n) is 3.42. The molecular weight excluding hydrogens is 413 g/mol. The number of alkyl halides is 3. The van der Waals surface area contributed by atoms with Gasteiger partial charge in [0.15, 0.2) is 5.69 Å². The van der Waals surface area contributed by atoms with E-state index in [-0.39, 0.29) is 6.54 Å². The molecule has 1 aliphatic heterocycles. The molecule has 2 aromatic carbocycles. The van der Waals surface area contributed by atoms with Crippen LogP contribution in [0.1, 0.15) is 22.5 Å². The molecule has 1 N–H and O–H groups in total. The Morgan fingerprint density at radius 3 is 2.27 bits per heavy atom.